The number of benzene rings is 1. The monoisotopic (exact) mass is 358 g/mol. The molecule has 0 unspecified atom stereocenters. The largest absolute Gasteiger partial charge is 0.493 e. The highest BCUT2D eigenvalue weighted by atomic mass is 35.5. The summed E-state index contributed by atoms with van der Waals surface area (Å²) in [6.45, 7) is 4.21. The average Bonchev–Trinajstić information content (AvgIpc) is 2.62. The van der Waals surface area contributed by atoms with Crippen molar-refractivity contribution in [2.75, 3.05) is 19.7 Å². The highest BCUT2D eigenvalue weighted by Gasteiger charge is 2.23. The number of hydrogen-bond acceptors (Lipinski definition) is 3. The van der Waals surface area contributed by atoms with Gasteiger partial charge >= 0.3 is 0 Å². The summed E-state index contributed by atoms with van der Waals surface area (Å²) in [6.07, 6.45) is 4.08. The fraction of sp³-hybridized carbons (Fsp3) is 0.400. The van der Waals surface area contributed by atoms with Crippen molar-refractivity contribution in [3.8, 4) is 5.75 Å². The van der Waals surface area contributed by atoms with Gasteiger partial charge in [-0.1, -0.05) is 29.8 Å². The first-order valence-electron chi connectivity index (χ1n) is 8.68. The van der Waals surface area contributed by atoms with Crippen LogP contribution in [0.2, 0.25) is 5.02 Å². The zero-order valence-electron chi connectivity index (χ0n) is 14.5. The van der Waals surface area contributed by atoms with Crippen LogP contribution in [0.5, 0.6) is 5.75 Å². The summed E-state index contributed by atoms with van der Waals surface area (Å²) in [6, 6.07) is 11.4. The van der Waals surface area contributed by atoms with Gasteiger partial charge in [-0.2, -0.15) is 0 Å². The van der Waals surface area contributed by atoms with E-state index in [1.807, 2.05) is 48.2 Å². The second kappa shape index (κ2) is 8.34. The summed E-state index contributed by atoms with van der Waals surface area (Å²) in [5.74, 6) is 1.50. The summed E-state index contributed by atoms with van der Waals surface area (Å²) >= 11 is 6.15. The number of aromatic nitrogens is 1. The number of halogens is 1. The number of amides is 1. The van der Waals surface area contributed by atoms with Gasteiger partial charge in [-0.25, -0.2) is 0 Å². The molecule has 2 aromatic rings. The Hall–Kier alpha value is -2.07. The Morgan fingerprint density at radius 2 is 2.04 bits per heavy atom. The molecule has 3 rings (SSSR count). The van der Waals surface area contributed by atoms with Gasteiger partial charge in [-0.15, -0.1) is 0 Å². The molecule has 132 valence electrons. The smallest absolute Gasteiger partial charge is 0.227 e. The lowest BCUT2D eigenvalue weighted by Gasteiger charge is -2.32. The minimum atomic E-state index is 0.150. The van der Waals surface area contributed by atoms with Gasteiger partial charge in [0.2, 0.25) is 5.91 Å². The number of nitrogens with zero attached hydrogens (tertiary/aromatic N) is 2. The van der Waals surface area contributed by atoms with Crippen LogP contribution in [0.15, 0.2) is 42.6 Å². The quantitative estimate of drug-likeness (QED) is 0.814. The maximum absolute atomic E-state index is 12.5. The molecule has 0 atom stereocenters. The van der Waals surface area contributed by atoms with Gasteiger partial charge in [-0.3, -0.25) is 9.78 Å². The number of pyridine rings is 1. The van der Waals surface area contributed by atoms with Crippen LogP contribution in [0.3, 0.4) is 0 Å². The molecule has 1 aromatic heterocycles. The van der Waals surface area contributed by atoms with Gasteiger partial charge in [-0.05, 0) is 43.4 Å². The molecule has 5 heteroatoms. The zero-order valence-corrected chi connectivity index (χ0v) is 15.2. The Balaban J connectivity index is 1.45. The summed E-state index contributed by atoms with van der Waals surface area (Å²) in [4.78, 5) is 18.6. The Labute approximate surface area is 153 Å². The third kappa shape index (κ3) is 4.95. The number of hydrogen-bond donors (Lipinski definition) is 0. The molecule has 1 fully saturated rings. The number of carbonyl (C=O) groups excluding carboxylic acids is 1. The normalized spacial score (nSPS) is 15.2. The molecule has 0 N–H and O–H groups in total. The van der Waals surface area contributed by atoms with Gasteiger partial charge in [0, 0.05) is 36.1 Å². The fourth-order valence-electron chi connectivity index (χ4n) is 3.09. The van der Waals surface area contributed by atoms with Crippen molar-refractivity contribution >= 4 is 17.5 Å². The SMILES string of the molecule is Cc1cc(OCC2CCN(C(=O)Cc3ccccc3Cl)CC2)ccn1. The van der Waals surface area contributed by atoms with E-state index in [1.54, 1.807) is 6.20 Å². The van der Waals surface area contributed by atoms with Gasteiger partial charge in [0.25, 0.3) is 0 Å². The molecule has 4 nitrogen and oxygen atoms in total. The first kappa shape index (κ1) is 17.7. The van der Waals surface area contributed by atoms with Crippen LogP contribution in [-0.2, 0) is 11.2 Å². The van der Waals surface area contributed by atoms with Crippen molar-refractivity contribution in [2.45, 2.75) is 26.2 Å². The van der Waals surface area contributed by atoms with Gasteiger partial charge in [0.15, 0.2) is 0 Å². The molecule has 0 radical (unpaired) electrons. The molecule has 1 aliphatic rings. The van der Waals surface area contributed by atoms with E-state index in [9.17, 15) is 4.79 Å². The van der Waals surface area contributed by atoms with Gasteiger partial charge in [0.1, 0.15) is 5.75 Å². The molecule has 1 aromatic carbocycles. The summed E-state index contributed by atoms with van der Waals surface area (Å²) in [5.41, 5.74) is 1.85. The van der Waals surface area contributed by atoms with Crippen LogP contribution in [0.4, 0.5) is 0 Å². The minimum absolute atomic E-state index is 0.150. The van der Waals surface area contributed by atoms with E-state index in [0.29, 0.717) is 24.0 Å². The first-order chi connectivity index (χ1) is 12.1. The molecule has 1 aliphatic heterocycles. The maximum atomic E-state index is 12.5. The van der Waals surface area contributed by atoms with Crippen molar-refractivity contribution < 1.29 is 9.53 Å². The topological polar surface area (TPSA) is 42.4 Å². The molecule has 25 heavy (non-hydrogen) atoms. The third-order valence-electron chi connectivity index (χ3n) is 4.62. The number of likely N-dealkylation sites (tertiary alicyclic amines) is 1. The van der Waals surface area contributed by atoms with E-state index in [2.05, 4.69) is 4.98 Å². The van der Waals surface area contributed by atoms with Crippen LogP contribution in [0, 0.1) is 12.8 Å². The molecule has 1 saturated heterocycles. The molecular formula is C20H23ClN2O2. The first-order valence-corrected chi connectivity index (χ1v) is 9.06. The maximum Gasteiger partial charge on any atom is 0.227 e. The fourth-order valence-corrected chi connectivity index (χ4v) is 3.29. The molecule has 1 amide bonds. The van der Waals surface area contributed by atoms with E-state index < -0.39 is 0 Å². The molecule has 0 saturated carbocycles. The zero-order chi connectivity index (χ0) is 17.6. The lowest BCUT2D eigenvalue weighted by atomic mass is 9.97. The summed E-state index contributed by atoms with van der Waals surface area (Å²) in [5, 5.41) is 0.659. The van der Waals surface area contributed by atoms with Crippen LogP contribution in [0.1, 0.15) is 24.1 Å². The van der Waals surface area contributed by atoms with Gasteiger partial charge in [0.05, 0.1) is 13.0 Å². The number of ether oxygens (including phenoxy) is 1. The van der Waals surface area contributed by atoms with E-state index in [-0.39, 0.29) is 5.91 Å². The minimum Gasteiger partial charge on any atom is -0.493 e. The van der Waals surface area contributed by atoms with Crippen molar-refractivity contribution in [3.63, 3.8) is 0 Å². The predicted octanol–water partition coefficient (Wildman–Crippen LogP) is 3.90. The number of carbonyl (C=O) groups is 1. The number of aryl methyl sites for hydroxylation is 1. The second-order valence-corrected chi connectivity index (χ2v) is 6.94. The van der Waals surface area contributed by atoms with Crippen LogP contribution in [-0.4, -0.2) is 35.5 Å². The molecular weight excluding hydrogens is 336 g/mol. The van der Waals surface area contributed by atoms with Crippen molar-refractivity contribution in [1.29, 1.82) is 0 Å². The standard InChI is InChI=1S/C20H23ClN2O2/c1-15-12-18(6-9-22-15)25-14-16-7-10-23(11-8-16)20(24)13-17-4-2-3-5-19(17)21/h2-6,9,12,16H,7-8,10-11,13-14H2,1H3. The lowest BCUT2D eigenvalue weighted by molar-refractivity contribution is -0.132. The van der Waals surface area contributed by atoms with Crippen LogP contribution >= 0.6 is 11.6 Å². The number of rotatable bonds is 5. The van der Waals surface area contributed by atoms with Crippen molar-refractivity contribution in [3.05, 3.63) is 58.9 Å². The molecule has 0 spiro atoms. The van der Waals surface area contributed by atoms with Gasteiger partial charge < -0.3 is 9.64 Å². The molecule has 0 bridgehead atoms. The van der Waals surface area contributed by atoms with E-state index >= 15 is 0 Å². The van der Waals surface area contributed by atoms with E-state index in [1.165, 1.54) is 0 Å². The highest BCUT2D eigenvalue weighted by Crippen LogP contribution is 2.21. The Morgan fingerprint density at radius 1 is 1.28 bits per heavy atom. The summed E-state index contributed by atoms with van der Waals surface area (Å²) < 4.78 is 5.87. The third-order valence-corrected chi connectivity index (χ3v) is 4.99. The molecule has 2 heterocycles. The van der Waals surface area contributed by atoms with Crippen LogP contribution in [0.25, 0.3) is 0 Å². The lowest BCUT2D eigenvalue weighted by Crippen LogP contribution is -2.40. The van der Waals surface area contributed by atoms with Crippen LogP contribution < -0.4 is 4.74 Å². The predicted molar refractivity (Wildman–Crippen MR) is 98.9 cm³/mol. The van der Waals surface area contributed by atoms with E-state index in [4.69, 9.17) is 16.3 Å². The highest BCUT2D eigenvalue weighted by molar-refractivity contribution is 6.31. The summed E-state index contributed by atoms with van der Waals surface area (Å²) in [7, 11) is 0. The van der Waals surface area contributed by atoms with E-state index in [0.717, 1.165) is 42.9 Å². The van der Waals surface area contributed by atoms with Crippen molar-refractivity contribution in [1.82, 2.24) is 9.88 Å². The Bertz CT molecular complexity index is 727. The Kier molecular flexibility index (Phi) is 5.92. The Morgan fingerprint density at radius 3 is 2.76 bits per heavy atom. The number of piperidine rings is 1. The second-order valence-electron chi connectivity index (χ2n) is 6.54. The van der Waals surface area contributed by atoms with Crippen molar-refractivity contribution in [2.24, 2.45) is 5.92 Å². The average molecular weight is 359 g/mol. The molecule has 0 aliphatic carbocycles.